The van der Waals surface area contributed by atoms with Gasteiger partial charge in [-0.1, -0.05) is 60.7 Å². The van der Waals surface area contributed by atoms with E-state index in [1.807, 2.05) is 74.5 Å². The number of carbonyl (C=O) groups excluding carboxylic acids is 1. The van der Waals surface area contributed by atoms with Gasteiger partial charge >= 0.3 is 0 Å². The van der Waals surface area contributed by atoms with Gasteiger partial charge in [0.05, 0.1) is 17.5 Å². The van der Waals surface area contributed by atoms with Crippen molar-refractivity contribution in [1.29, 1.82) is 0 Å². The van der Waals surface area contributed by atoms with E-state index in [4.69, 9.17) is 0 Å². The van der Waals surface area contributed by atoms with E-state index in [2.05, 4.69) is 5.32 Å². The highest BCUT2D eigenvalue weighted by Crippen LogP contribution is 2.29. The van der Waals surface area contributed by atoms with E-state index < -0.39 is 10.0 Å². The predicted octanol–water partition coefficient (Wildman–Crippen LogP) is 4.75. The van der Waals surface area contributed by atoms with Gasteiger partial charge in [-0.2, -0.15) is 0 Å². The van der Waals surface area contributed by atoms with Crippen LogP contribution in [0.5, 0.6) is 0 Å². The fourth-order valence-corrected chi connectivity index (χ4v) is 5.88. The Morgan fingerprint density at radius 2 is 1.62 bits per heavy atom. The highest BCUT2D eigenvalue weighted by molar-refractivity contribution is 7.92. The molecule has 1 amide bonds. The number of anilines is 1. The molecule has 1 aliphatic heterocycles. The van der Waals surface area contributed by atoms with Crippen LogP contribution in [0.3, 0.4) is 0 Å². The molecule has 1 saturated heterocycles. The van der Waals surface area contributed by atoms with Crippen molar-refractivity contribution >= 4 is 21.6 Å². The summed E-state index contributed by atoms with van der Waals surface area (Å²) in [5.41, 5.74) is 4.97. The van der Waals surface area contributed by atoms with Crippen molar-refractivity contribution in [2.45, 2.75) is 32.7 Å². The molecule has 166 valence electrons. The molecule has 1 heterocycles. The first-order valence-electron chi connectivity index (χ1n) is 10.9. The summed E-state index contributed by atoms with van der Waals surface area (Å²) < 4.78 is 26.7. The summed E-state index contributed by atoms with van der Waals surface area (Å²) in [4.78, 5) is 13.3. The first-order chi connectivity index (χ1) is 15.4. The van der Waals surface area contributed by atoms with E-state index in [0.29, 0.717) is 24.2 Å². The number of nitrogens with one attached hydrogen (secondary N) is 1. The summed E-state index contributed by atoms with van der Waals surface area (Å²) >= 11 is 0. The molecule has 1 atom stereocenters. The minimum Gasteiger partial charge on any atom is -0.341 e. The topological polar surface area (TPSA) is 66.5 Å². The highest BCUT2D eigenvalue weighted by Gasteiger charge is 2.28. The summed E-state index contributed by atoms with van der Waals surface area (Å²) in [5.74, 6) is -0.0931. The molecule has 1 fully saturated rings. The Morgan fingerprint density at radius 1 is 0.906 bits per heavy atom. The molecule has 0 saturated carbocycles. The second-order valence-corrected chi connectivity index (χ2v) is 10.3. The van der Waals surface area contributed by atoms with Crippen molar-refractivity contribution in [3.8, 4) is 0 Å². The third-order valence-electron chi connectivity index (χ3n) is 6.00. The number of rotatable bonds is 5. The quantitative estimate of drug-likeness (QED) is 0.612. The first kappa shape index (κ1) is 22.1. The van der Waals surface area contributed by atoms with Crippen LogP contribution in [0.25, 0.3) is 0 Å². The van der Waals surface area contributed by atoms with Gasteiger partial charge < -0.3 is 5.32 Å². The molecule has 0 aliphatic carbocycles. The molecule has 1 N–H and O–H groups in total. The van der Waals surface area contributed by atoms with Crippen LogP contribution in [0.1, 0.15) is 51.5 Å². The van der Waals surface area contributed by atoms with Crippen molar-refractivity contribution in [1.82, 2.24) is 5.32 Å². The van der Waals surface area contributed by atoms with E-state index >= 15 is 0 Å². The number of benzene rings is 3. The summed E-state index contributed by atoms with van der Waals surface area (Å²) in [7, 11) is -3.35. The minimum absolute atomic E-state index is 0.145. The lowest BCUT2D eigenvalue weighted by molar-refractivity contribution is 0.0943. The molecule has 0 spiro atoms. The standard InChI is InChI=1S/C26H28N2O3S/c1-19-10-6-7-13-23(19)25(21-11-4-3-5-12-21)27-26(29)22-15-14-20(2)24(18-22)28-16-8-9-17-32(28,30)31/h3-7,10-15,18,25H,8-9,16-17H2,1-2H3,(H,27,29). The number of sulfonamides is 1. The summed E-state index contributed by atoms with van der Waals surface area (Å²) in [5, 5.41) is 3.17. The Balaban J connectivity index is 1.68. The Labute approximate surface area is 190 Å². The summed E-state index contributed by atoms with van der Waals surface area (Å²) in [6.07, 6.45) is 1.49. The normalized spacial score (nSPS) is 16.4. The molecule has 4 rings (SSSR count). The zero-order valence-corrected chi connectivity index (χ0v) is 19.2. The van der Waals surface area contributed by atoms with Crippen LogP contribution in [0.15, 0.2) is 72.8 Å². The maximum atomic E-state index is 13.3. The number of amides is 1. The zero-order chi connectivity index (χ0) is 22.7. The number of hydrogen-bond acceptors (Lipinski definition) is 3. The Hall–Kier alpha value is -3.12. The van der Waals surface area contributed by atoms with Crippen molar-refractivity contribution < 1.29 is 13.2 Å². The fourth-order valence-electron chi connectivity index (χ4n) is 4.19. The minimum atomic E-state index is -3.35. The van der Waals surface area contributed by atoms with Crippen molar-refractivity contribution in [2.75, 3.05) is 16.6 Å². The number of carbonyl (C=O) groups is 1. The summed E-state index contributed by atoms with van der Waals surface area (Å²) in [6.45, 7) is 4.36. The SMILES string of the molecule is Cc1ccccc1C(NC(=O)c1ccc(C)c(N2CCCCS2(=O)=O)c1)c1ccccc1. The van der Waals surface area contributed by atoms with Crippen LogP contribution >= 0.6 is 0 Å². The molecule has 0 radical (unpaired) electrons. The molecule has 5 nitrogen and oxygen atoms in total. The van der Waals surface area contributed by atoms with Crippen molar-refractivity contribution in [3.05, 3.63) is 101 Å². The second kappa shape index (κ2) is 9.17. The molecule has 1 unspecified atom stereocenters. The predicted molar refractivity (Wildman–Crippen MR) is 128 cm³/mol. The molecule has 3 aromatic carbocycles. The van der Waals surface area contributed by atoms with Gasteiger partial charge in [0.1, 0.15) is 0 Å². The number of nitrogens with zero attached hydrogens (tertiary/aromatic N) is 1. The lowest BCUT2D eigenvalue weighted by atomic mass is 9.94. The Kier molecular flexibility index (Phi) is 6.33. The van der Waals surface area contributed by atoms with Gasteiger partial charge in [0.25, 0.3) is 5.91 Å². The lowest BCUT2D eigenvalue weighted by Crippen LogP contribution is -2.38. The van der Waals surface area contributed by atoms with Gasteiger partial charge in [-0.15, -0.1) is 0 Å². The molecular formula is C26H28N2O3S. The van der Waals surface area contributed by atoms with Gasteiger partial charge in [0.15, 0.2) is 0 Å². The number of aryl methyl sites for hydroxylation is 2. The van der Waals surface area contributed by atoms with Crippen LogP contribution < -0.4 is 9.62 Å². The summed E-state index contributed by atoms with van der Waals surface area (Å²) in [6, 6.07) is 22.8. The smallest absolute Gasteiger partial charge is 0.252 e. The Morgan fingerprint density at radius 3 is 2.34 bits per heavy atom. The molecule has 1 aliphatic rings. The van der Waals surface area contributed by atoms with Gasteiger partial charge in [0.2, 0.25) is 10.0 Å². The maximum Gasteiger partial charge on any atom is 0.252 e. The van der Waals surface area contributed by atoms with Crippen molar-refractivity contribution in [2.24, 2.45) is 0 Å². The van der Waals surface area contributed by atoms with Crippen LogP contribution in [0, 0.1) is 13.8 Å². The average Bonchev–Trinajstić information content (AvgIpc) is 2.79. The first-order valence-corrected chi connectivity index (χ1v) is 12.5. The van der Waals surface area contributed by atoms with Crippen LogP contribution in [0.4, 0.5) is 5.69 Å². The van der Waals surface area contributed by atoms with Crippen LogP contribution in [-0.4, -0.2) is 26.6 Å². The third kappa shape index (κ3) is 4.55. The van der Waals surface area contributed by atoms with E-state index in [1.54, 1.807) is 12.1 Å². The molecule has 32 heavy (non-hydrogen) atoms. The third-order valence-corrected chi connectivity index (χ3v) is 7.85. The monoisotopic (exact) mass is 448 g/mol. The molecule has 0 bridgehead atoms. The van der Waals surface area contributed by atoms with E-state index in [9.17, 15) is 13.2 Å². The molecule has 6 heteroatoms. The largest absolute Gasteiger partial charge is 0.341 e. The van der Waals surface area contributed by atoms with E-state index in [0.717, 1.165) is 28.7 Å². The average molecular weight is 449 g/mol. The van der Waals surface area contributed by atoms with Gasteiger partial charge in [0, 0.05) is 12.1 Å². The molecular weight excluding hydrogens is 420 g/mol. The van der Waals surface area contributed by atoms with Gasteiger partial charge in [-0.25, -0.2) is 8.42 Å². The maximum absolute atomic E-state index is 13.3. The second-order valence-electron chi connectivity index (χ2n) is 8.27. The highest BCUT2D eigenvalue weighted by atomic mass is 32.2. The van der Waals surface area contributed by atoms with E-state index in [1.165, 1.54) is 4.31 Å². The number of hydrogen-bond donors (Lipinski definition) is 1. The molecule has 0 aromatic heterocycles. The molecule has 3 aromatic rings. The zero-order valence-electron chi connectivity index (χ0n) is 18.4. The Bertz CT molecular complexity index is 1220. The van der Waals surface area contributed by atoms with Crippen LogP contribution in [0.2, 0.25) is 0 Å². The van der Waals surface area contributed by atoms with Crippen molar-refractivity contribution in [3.63, 3.8) is 0 Å². The fraction of sp³-hybridized carbons (Fsp3) is 0.269. The van der Waals surface area contributed by atoms with E-state index in [-0.39, 0.29) is 17.7 Å². The van der Waals surface area contributed by atoms with Gasteiger partial charge in [-0.3, -0.25) is 9.10 Å². The van der Waals surface area contributed by atoms with Gasteiger partial charge in [-0.05, 0) is 61.1 Å². The lowest BCUT2D eigenvalue weighted by Gasteiger charge is -2.30. The van der Waals surface area contributed by atoms with Crippen LogP contribution in [-0.2, 0) is 10.0 Å².